The van der Waals surface area contributed by atoms with Gasteiger partial charge in [0.2, 0.25) is 11.8 Å². The molecule has 208 valence electrons. The lowest BCUT2D eigenvalue weighted by Crippen LogP contribution is -2.50. The topological polar surface area (TPSA) is 122 Å². The first-order chi connectivity index (χ1) is 18.4. The molecule has 0 bridgehead atoms. The van der Waals surface area contributed by atoms with Crippen LogP contribution in [-0.2, 0) is 20.8 Å². The minimum atomic E-state index is -1.01. The Hall–Kier alpha value is -2.68. The Morgan fingerprint density at radius 3 is 2.50 bits per heavy atom. The molecule has 1 unspecified atom stereocenters. The molecule has 2 saturated carbocycles. The zero-order chi connectivity index (χ0) is 26.8. The van der Waals surface area contributed by atoms with E-state index < -0.39 is 30.8 Å². The van der Waals surface area contributed by atoms with Crippen LogP contribution in [0, 0.1) is 23.7 Å². The predicted octanol–water partition coefficient (Wildman–Crippen LogP) is 3.91. The van der Waals surface area contributed by atoms with Crippen LogP contribution >= 0.6 is 0 Å². The Morgan fingerprint density at radius 2 is 1.82 bits per heavy atom. The number of hydrogen-bond acceptors (Lipinski definition) is 5. The number of anilines is 1. The summed E-state index contributed by atoms with van der Waals surface area (Å²) in [6.07, 6.45) is 8.76. The molecule has 3 fully saturated rings. The lowest BCUT2D eigenvalue weighted by Gasteiger charge is -2.36. The minimum absolute atomic E-state index is 0.0439. The number of aliphatic carboxylic acids is 1. The molecule has 5 rings (SSSR count). The molecule has 1 saturated heterocycles. The lowest BCUT2D eigenvalue weighted by atomic mass is 9.76. The number of alkyl halides is 1. The molecule has 8 nitrogen and oxygen atoms in total. The monoisotopic (exact) mass is 529 g/mol. The molecular weight excluding hydrogens is 489 g/mol. The highest BCUT2D eigenvalue weighted by Crippen LogP contribution is 2.41. The van der Waals surface area contributed by atoms with Crippen molar-refractivity contribution in [1.29, 1.82) is 0 Å². The maximum Gasteiger partial charge on any atom is 0.345 e. The summed E-state index contributed by atoms with van der Waals surface area (Å²) in [5, 5.41) is 12.3. The highest BCUT2D eigenvalue weighted by molar-refractivity contribution is 5.98. The molecule has 4 aliphatic rings. The van der Waals surface area contributed by atoms with Gasteiger partial charge in [0.05, 0.1) is 0 Å². The summed E-state index contributed by atoms with van der Waals surface area (Å²) in [5.74, 6) is -0.0930. The fourth-order valence-corrected chi connectivity index (χ4v) is 7.29. The number of carboxylic acids is 1. The molecule has 0 aromatic heterocycles. The van der Waals surface area contributed by atoms with E-state index in [4.69, 9.17) is 10.5 Å². The first kappa shape index (κ1) is 26.9. The van der Waals surface area contributed by atoms with E-state index in [9.17, 15) is 23.9 Å². The number of carbonyl (C=O) groups is 3. The smallest absolute Gasteiger partial charge is 0.345 e. The molecule has 1 aromatic rings. The van der Waals surface area contributed by atoms with Crippen molar-refractivity contribution in [2.24, 2.45) is 29.4 Å². The van der Waals surface area contributed by atoms with Gasteiger partial charge in [0.25, 0.3) is 0 Å². The number of carbonyl (C=O) groups excluding carboxylic acids is 2. The van der Waals surface area contributed by atoms with Crippen LogP contribution in [0.5, 0.6) is 5.75 Å². The lowest BCUT2D eigenvalue weighted by molar-refractivity contribution is -0.144. The van der Waals surface area contributed by atoms with E-state index in [-0.39, 0.29) is 36.0 Å². The molecule has 4 atom stereocenters. The Kier molecular flexibility index (Phi) is 8.21. The number of amides is 2. The van der Waals surface area contributed by atoms with E-state index in [0.717, 1.165) is 50.5 Å². The highest BCUT2D eigenvalue weighted by atomic mass is 19.1. The molecule has 2 heterocycles. The van der Waals surface area contributed by atoms with E-state index in [0.29, 0.717) is 36.7 Å². The average Bonchev–Trinajstić information content (AvgIpc) is 3.58. The van der Waals surface area contributed by atoms with Crippen molar-refractivity contribution in [3.05, 3.63) is 23.8 Å². The van der Waals surface area contributed by atoms with Crippen LogP contribution in [-0.4, -0.2) is 59.2 Å². The second-order valence-electron chi connectivity index (χ2n) is 11.7. The first-order valence-electron chi connectivity index (χ1n) is 14.3. The van der Waals surface area contributed by atoms with Crippen molar-refractivity contribution in [3.63, 3.8) is 0 Å². The largest absolute Gasteiger partial charge is 0.478 e. The van der Waals surface area contributed by atoms with Gasteiger partial charge in [0, 0.05) is 36.2 Å². The number of nitrogens with two attached hydrogens (primary N) is 1. The summed E-state index contributed by atoms with van der Waals surface area (Å²) in [6, 6.07) is 4.23. The summed E-state index contributed by atoms with van der Waals surface area (Å²) in [7, 11) is 0. The van der Waals surface area contributed by atoms with Gasteiger partial charge in [0.15, 0.2) is 6.10 Å². The van der Waals surface area contributed by atoms with Crippen LogP contribution in [0.25, 0.3) is 0 Å². The third-order valence-electron chi connectivity index (χ3n) is 9.43. The Bertz CT molecular complexity index is 1040. The fraction of sp³-hybridized carbons (Fsp3) is 0.690. The van der Waals surface area contributed by atoms with Crippen molar-refractivity contribution in [2.45, 2.75) is 88.8 Å². The number of fused-ring (bicyclic) bond motifs is 1. The number of hydrogen-bond donors (Lipinski definition) is 3. The van der Waals surface area contributed by atoms with Crippen LogP contribution in [0.1, 0.15) is 69.8 Å². The Morgan fingerprint density at radius 1 is 1.08 bits per heavy atom. The highest BCUT2D eigenvalue weighted by Gasteiger charge is 2.47. The van der Waals surface area contributed by atoms with Crippen LogP contribution in [0.3, 0.4) is 0 Å². The fourth-order valence-electron chi connectivity index (χ4n) is 7.29. The molecule has 2 aliphatic heterocycles. The summed E-state index contributed by atoms with van der Waals surface area (Å²) in [4.78, 5) is 40.8. The van der Waals surface area contributed by atoms with Crippen LogP contribution in [0.4, 0.5) is 10.1 Å². The zero-order valence-electron chi connectivity index (χ0n) is 21.9. The minimum Gasteiger partial charge on any atom is -0.478 e. The summed E-state index contributed by atoms with van der Waals surface area (Å²) >= 11 is 0. The van der Waals surface area contributed by atoms with Gasteiger partial charge < -0.3 is 25.8 Å². The van der Waals surface area contributed by atoms with E-state index in [2.05, 4.69) is 5.32 Å². The number of nitrogens with one attached hydrogen (secondary N) is 1. The third kappa shape index (κ3) is 5.53. The Labute approximate surface area is 223 Å². The van der Waals surface area contributed by atoms with Crippen LogP contribution in [0.2, 0.25) is 0 Å². The van der Waals surface area contributed by atoms with E-state index in [1.54, 1.807) is 18.2 Å². The number of benzene rings is 1. The molecule has 1 aromatic carbocycles. The van der Waals surface area contributed by atoms with E-state index in [1.807, 2.05) is 4.90 Å². The summed E-state index contributed by atoms with van der Waals surface area (Å²) < 4.78 is 18.5. The second-order valence-corrected chi connectivity index (χ2v) is 11.7. The molecule has 2 amide bonds. The molecular formula is C29H40FN3O5. The van der Waals surface area contributed by atoms with Crippen molar-refractivity contribution in [3.8, 4) is 5.75 Å². The van der Waals surface area contributed by atoms with Gasteiger partial charge >= 0.3 is 5.97 Å². The van der Waals surface area contributed by atoms with E-state index in [1.165, 1.54) is 6.42 Å². The molecule has 4 N–H and O–H groups in total. The van der Waals surface area contributed by atoms with Gasteiger partial charge in [-0.1, -0.05) is 32.1 Å². The van der Waals surface area contributed by atoms with Crippen molar-refractivity contribution >= 4 is 23.5 Å². The Balaban J connectivity index is 1.31. The van der Waals surface area contributed by atoms with Crippen LogP contribution in [0.15, 0.2) is 18.2 Å². The number of halogens is 1. The number of nitrogens with zero attached hydrogens (tertiary/aromatic N) is 1. The van der Waals surface area contributed by atoms with Crippen LogP contribution < -0.4 is 15.8 Å². The number of carboxylic acid groups (broad SMARTS) is 1. The average molecular weight is 530 g/mol. The van der Waals surface area contributed by atoms with Gasteiger partial charge in [0.1, 0.15) is 18.5 Å². The molecule has 2 aliphatic carbocycles. The number of likely N-dealkylation sites (tertiary alicyclic amines) is 1. The SMILES string of the molecule is N[C@H](CF)[C@H]1CC[C@H](C(=O)N2CC[C@@H](C3CCCCC3)[C@H]2C(=O)Nc2ccc3c(c2)CC(C(=O)O)O3)CC1. The van der Waals surface area contributed by atoms with Gasteiger partial charge in [-0.25, -0.2) is 9.18 Å². The van der Waals surface area contributed by atoms with Gasteiger partial charge in [-0.05, 0) is 68.1 Å². The summed E-state index contributed by atoms with van der Waals surface area (Å²) in [6.45, 7) is 0.0484. The molecule has 0 spiro atoms. The number of ether oxygens (including phenoxy) is 1. The molecule has 9 heteroatoms. The maximum absolute atomic E-state index is 13.8. The van der Waals surface area contributed by atoms with Gasteiger partial charge in [-0.15, -0.1) is 0 Å². The maximum atomic E-state index is 13.8. The second kappa shape index (κ2) is 11.6. The standard InChI is InChI=1S/C29H40FN3O5/c30-16-23(31)18-6-8-19(9-7-18)28(35)33-13-12-22(17-4-2-1-3-5-17)26(33)27(34)32-21-10-11-24-20(14-21)15-25(38-24)29(36)37/h10-11,14,17-19,22-23,25-26H,1-9,12-13,15-16,31H2,(H,32,34)(H,36,37)/t18-,19-,22-,23+,25?,26-/m0/s1. The van der Waals surface area contributed by atoms with Crippen molar-refractivity contribution in [1.82, 2.24) is 4.90 Å². The number of rotatable bonds is 7. The summed E-state index contributed by atoms with van der Waals surface area (Å²) in [5.41, 5.74) is 7.26. The van der Waals surface area contributed by atoms with Crippen molar-refractivity contribution in [2.75, 3.05) is 18.5 Å². The zero-order valence-corrected chi connectivity index (χ0v) is 21.9. The van der Waals surface area contributed by atoms with E-state index >= 15 is 0 Å². The van der Waals surface area contributed by atoms with Crippen molar-refractivity contribution < 1.29 is 28.6 Å². The normalized spacial score (nSPS) is 30.4. The third-order valence-corrected chi connectivity index (χ3v) is 9.43. The predicted molar refractivity (Wildman–Crippen MR) is 140 cm³/mol. The quantitative estimate of drug-likeness (QED) is 0.492. The van der Waals surface area contributed by atoms with Gasteiger partial charge in [-0.3, -0.25) is 9.59 Å². The first-order valence-corrected chi connectivity index (χ1v) is 14.3. The molecule has 38 heavy (non-hydrogen) atoms. The van der Waals surface area contributed by atoms with Gasteiger partial charge in [-0.2, -0.15) is 0 Å². The molecule has 0 radical (unpaired) electrons.